The minimum atomic E-state index is -1.03. The fourth-order valence-corrected chi connectivity index (χ4v) is 7.55. The third-order valence-corrected chi connectivity index (χ3v) is 11.1. The van der Waals surface area contributed by atoms with Gasteiger partial charge in [-0.3, -0.25) is 9.59 Å². The third-order valence-electron chi connectivity index (χ3n) is 11.1. The van der Waals surface area contributed by atoms with E-state index in [4.69, 9.17) is 19.3 Å². The van der Waals surface area contributed by atoms with Gasteiger partial charge >= 0.3 is 12.1 Å². The van der Waals surface area contributed by atoms with Gasteiger partial charge in [0.25, 0.3) is 0 Å². The summed E-state index contributed by atoms with van der Waals surface area (Å²) in [6.07, 6.45) is 16.3. The number of hydrogen-bond donors (Lipinski definition) is 3. The topological polar surface area (TPSA) is 123 Å². The van der Waals surface area contributed by atoms with Crippen LogP contribution in [0.3, 0.4) is 0 Å². The number of unbranched alkanes of at least 4 members (excludes halogenated alkanes) is 3. The Kier molecular flexibility index (Phi) is 20.3. The maximum absolute atomic E-state index is 12.7. The normalized spacial score (nSPS) is 17.3. The second kappa shape index (κ2) is 23.2. The van der Waals surface area contributed by atoms with Crippen LogP contribution in [0.15, 0.2) is 0 Å². The zero-order valence-corrected chi connectivity index (χ0v) is 36.1. The molecule has 0 aromatic heterocycles. The highest BCUT2D eigenvalue weighted by molar-refractivity contribution is 5.86. The molecule has 0 bridgehead atoms. The molecule has 4 atom stereocenters. The molecule has 1 aliphatic heterocycles. The summed E-state index contributed by atoms with van der Waals surface area (Å²) in [6, 6.07) is -0.971. The highest BCUT2D eigenvalue weighted by Gasteiger charge is 2.34. The van der Waals surface area contributed by atoms with Gasteiger partial charge in [0.15, 0.2) is 0 Å². The van der Waals surface area contributed by atoms with Gasteiger partial charge in [-0.15, -0.1) is 0 Å². The van der Waals surface area contributed by atoms with Crippen molar-refractivity contribution in [2.45, 2.75) is 203 Å². The van der Waals surface area contributed by atoms with Crippen LogP contribution in [-0.4, -0.2) is 53.5 Å². The summed E-state index contributed by atoms with van der Waals surface area (Å²) in [5.74, 6) is 3.06. The zero-order chi connectivity index (χ0) is 40.5. The van der Waals surface area contributed by atoms with Crippen LogP contribution < -0.4 is 20.1 Å². The Morgan fingerprint density at radius 1 is 0.815 bits per heavy atom. The van der Waals surface area contributed by atoms with Gasteiger partial charge in [-0.2, -0.15) is 0 Å². The maximum atomic E-state index is 12.7. The molecule has 310 valence electrons. The maximum Gasteiger partial charge on any atom is 0.408 e. The average molecular weight is 759 g/mol. The fourth-order valence-electron chi connectivity index (χ4n) is 7.55. The SMILES string of the molecule is Cc1c(C)c2c(c(C)c1OCCCCCCNC(=O)[C@H](CCC(=O)O)NC(=O)OC(C)(C)C)CC[C@@](C)(CCC[C@H](C)CCC[C@H](C)CCCC(C)C)O2. The van der Waals surface area contributed by atoms with Gasteiger partial charge in [0.1, 0.15) is 28.7 Å². The number of carbonyl (C=O) groups excluding carboxylic acids is 2. The molecule has 3 N–H and O–H groups in total. The highest BCUT2D eigenvalue weighted by atomic mass is 16.6. The Morgan fingerprint density at radius 3 is 2.04 bits per heavy atom. The molecule has 1 heterocycles. The molecule has 0 unspecified atom stereocenters. The van der Waals surface area contributed by atoms with Gasteiger partial charge in [-0.05, 0) is 128 Å². The summed E-state index contributed by atoms with van der Waals surface area (Å²) >= 11 is 0. The van der Waals surface area contributed by atoms with E-state index in [0.717, 1.165) is 79.8 Å². The molecule has 0 radical (unpaired) electrons. The number of benzene rings is 1. The number of fused-ring (bicyclic) bond motifs is 1. The number of carboxylic acid groups (broad SMARTS) is 1. The molecule has 9 heteroatoms. The van der Waals surface area contributed by atoms with E-state index in [1.54, 1.807) is 20.8 Å². The molecule has 0 fully saturated rings. The lowest BCUT2D eigenvalue weighted by atomic mass is 9.83. The molecule has 2 rings (SSSR count). The number of aliphatic carboxylic acids is 1. The Bertz CT molecular complexity index is 1320. The second-order valence-corrected chi connectivity index (χ2v) is 18.1. The van der Waals surface area contributed by atoms with Crippen molar-refractivity contribution in [2.75, 3.05) is 13.2 Å². The van der Waals surface area contributed by atoms with Crippen LogP contribution in [0, 0.1) is 38.5 Å². The van der Waals surface area contributed by atoms with Gasteiger partial charge in [0, 0.05) is 18.5 Å². The van der Waals surface area contributed by atoms with Crippen LogP contribution in [-0.2, 0) is 20.7 Å². The number of carbonyl (C=O) groups is 3. The molecule has 9 nitrogen and oxygen atoms in total. The first-order chi connectivity index (χ1) is 25.3. The molecule has 2 amide bonds. The standard InChI is InChI=1S/C45H78N2O7/c1-31(2)19-16-20-32(3)21-17-22-33(4)23-18-27-45(11)28-26-37-36(7)40(34(5)35(6)41(37)53-45)52-30-15-13-12-14-29-46-42(50)38(24-25-39(48)49)47-43(51)54-44(8,9)10/h31-33,38H,12-30H2,1-11H3,(H,46,50)(H,47,51)(H,48,49)/t32-,33-,38+,45-/m1/s1. The molecule has 0 saturated carbocycles. The van der Waals surface area contributed by atoms with Gasteiger partial charge < -0.3 is 30.0 Å². The molecule has 0 spiro atoms. The van der Waals surface area contributed by atoms with Gasteiger partial charge in [0.05, 0.1) is 6.61 Å². The monoisotopic (exact) mass is 759 g/mol. The lowest BCUT2D eigenvalue weighted by Crippen LogP contribution is -2.48. The average Bonchev–Trinajstić information content (AvgIpc) is 3.06. The molecule has 54 heavy (non-hydrogen) atoms. The number of nitrogens with one attached hydrogen (secondary N) is 2. The number of rotatable bonds is 25. The Balaban J connectivity index is 1.76. The first-order valence-corrected chi connectivity index (χ1v) is 21.2. The fraction of sp³-hybridized carbons (Fsp3) is 0.800. The van der Waals surface area contributed by atoms with Gasteiger partial charge in [0.2, 0.25) is 5.91 Å². The Hall–Kier alpha value is -2.97. The van der Waals surface area contributed by atoms with E-state index in [0.29, 0.717) is 13.2 Å². The van der Waals surface area contributed by atoms with Crippen molar-refractivity contribution in [2.24, 2.45) is 17.8 Å². The lowest BCUT2D eigenvalue weighted by Gasteiger charge is -2.38. The molecule has 1 aromatic rings. The van der Waals surface area contributed by atoms with Crippen molar-refractivity contribution in [1.29, 1.82) is 0 Å². The summed E-state index contributed by atoms with van der Waals surface area (Å²) in [6.45, 7) is 24.5. The number of carboxylic acids is 1. The van der Waals surface area contributed by atoms with Crippen molar-refractivity contribution >= 4 is 18.0 Å². The summed E-state index contributed by atoms with van der Waals surface area (Å²) in [5.41, 5.74) is 3.98. The van der Waals surface area contributed by atoms with Crippen molar-refractivity contribution in [3.63, 3.8) is 0 Å². The smallest absolute Gasteiger partial charge is 0.408 e. The van der Waals surface area contributed by atoms with E-state index >= 15 is 0 Å². The van der Waals surface area contributed by atoms with E-state index in [1.807, 2.05) is 0 Å². The van der Waals surface area contributed by atoms with E-state index in [2.05, 4.69) is 66.0 Å². The second-order valence-electron chi connectivity index (χ2n) is 18.1. The summed E-state index contributed by atoms with van der Waals surface area (Å²) in [5, 5.41) is 14.4. The van der Waals surface area contributed by atoms with Crippen molar-refractivity contribution in [3.8, 4) is 11.5 Å². The van der Waals surface area contributed by atoms with Crippen LogP contribution >= 0.6 is 0 Å². The zero-order valence-electron chi connectivity index (χ0n) is 36.1. The minimum absolute atomic E-state index is 0.0118. The van der Waals surface area contributed by atoms with E-state index in [1.165, 1.54) is 68.1 Å². The highest BCUT2D eigenvalue weighted by Crippen LogP contribution is 2.45. The number of amides is 2. The van der Waals surface area contributed by atoms with Crippen molar-refractivity contribution in [1.82, 2.24) is 10.6 Å². The van der Waals surface area contributed by atoms with Crippen LogP contribution in [0.25, 0.3) is 0 Å². The number of ether oxygens (including phenoxy) is 3. The lowest BCUT2D eigenvalue weighted by molar-refractivity contribution is -0.137. The van der Waals surface area contributed by atoms with Crippen molar-refractivity contribution in [3.05, 3.63) is 22.3 Å². The Labute approximate surface area is 328 Å². The third kappa shape index (κ3) is 17.7. The van der Waals surface area contributed by atoms with Crippen LogP contribution in [0.1, 0.15) is 180 Å². The predicted octanol–water partition coefficient (Wildman–Crippen LogP) is 10.9. The van der Waals surface area contributed by atoms with Crippen LogP contribution in [0.5, 0.6) is 11.5 Å². The first-order valence-electron chi connectivity index (χ1n) is 21.2. The van der Waals surface area contributed by atoms with Crippen molar-refractivity contribution < 1.29 is 33.7 Å². The molecular formula is C45H78N2O7. The minimum Gasteiger partial charge on any atom is -0.493 e. The quantitative estimate of drug-likeness (QED) is 0.0848. The van der Waals surface area contributed by atoms with Gasteiger partial charge in [-0.25, -0.2) is 4.79 Å². The van der Waals surface area contributed by atoms with Gasteiger partial charge in [-0.1, -0.05) is 85.5 Å². The number of hydrogen-bond acceptors (Lipinski definition) is 6. The number of alkyl carbamates (subject to hydrolysis) is 1. The Morgan fingerprint density at radius 2 is 1.43 bits per heavy atom. The first kappa shape index (κ1) is 47.2. The molecule has 1 aromatic carbocycles. The van der Waals surface area contributed by atoms with E-state index < -0.39 is 29.6 Å². The largest absolute Gasteiger partial charge is 0.493 e. The van der Waals surface area contributed by atoms with Crippen LogP contribution in [0.2, 0.25) is 0 Å². The summed E-state index contributed by atoms with van der Waals surface area (Å²) in [4.78, 5) is 36.0. The van der Waals surface area contributed by atoms with Crippen LogP contribution in [0.4, 0.5) is 4.79 Å². The molecule has 0 aliphatic carbocycles. The van der Waals surface area contributed by atoms with E-state index in [9.17, 15) is 14.4 Å². The molecular weight excluding hydrogens is 681 g/mol. The molecule has 1 aliphatic rings. The predicted molar refractivity (Wildman–Crippen MR) is 220 cm³/mol. The summed E-state index contributed by atoms with van der Waals surface area (Å²) < 4.78 is 18.5. The molecule has 0 saturated heterocycles. The van der Waals surface area contributed by atoms with E-state index in [-0.39, 0.29) is 18.4 Å². The summed E-state index contributed by atoms with van der Waals surface area (Å²) in [7, 11) is 0.